The van der Waals surface area contributed by atoms with Crippen LogP contribution < -0.4 is 0 Å². The van der Waals surface area contributed by atoms with Crippen molar-refractivity contribution >= 4 is 23.2 Å². The molecule has 0 heterocycles. The molecule has 0 aromatic carbocycles. The van der Waals surface area contributed by atoms with Crippen molar-refractivity contribution in [1.29, 1.82) is 0 Å². The van der Waals surface area contributed by atoms with Crippen molar-refractivity contribution < 1.29 is 0 Å². The quantitative estimate of drug-likeness (QED) is 0.540. The molecule has 0 aliphatic heterocycles. The number of unbranched alkanes of at least 4 members (excludes halogenated alkanes) is 1. The van der Waals surface area contributed by atoms with Gasteiger partial charge in [-0.2, -0.15) is 0 Å². The van der Waals surface area contributed by atoms with Gasteiger partial charge in [0.05, 0.1) is 0 Å². The van der Waals surface area contributed by atoms with Crippen LogP contribution in [0.25, 0.3) is 0 Å². The molecule has 0 N–H and O–H groups in total. The van der Waals surface area contributed by atoms with E-state index in [1.807, 2.05) is 6.92 Å². The Morgan fingerprint density at radius 1 is 1.00 bits per heavy atom. The fourth-order valence-corrected chi connectivity index (χ4v) is 1.65. The van der Waals surface area contributed by atoms with E-state index in [0.717, 1.165) is 19.3 Å². The Morgan fingerprint density at radius 3 is 2.08 bits per heavy atom. The lowest BCUT2D eigenvalue weighted by molar-refractivity contribution is 0.594. The van der Waals surface area contributed by atoms with Gasteiger partial charge in [0.25, 0.3) is 0 Å². The normalized spacial score (nSPS) is 16.0. The summed E-state index contributed by atoms with van der Waals surface area (Å²) in [5.41, 5.74) is 0. The van der Waals surface area contributed by atoms with Crippen molar-refractivity contribution in [1.82, 2.24) is 0 Å². The number of hydrogen-bond donors (Lipinski definition) is 0. The van der Waals surface area contributed by atoms with E-state index in [1.165, 1.54) is 19.3 Å². The van der Waals surface area contributed by atoms with E-state index in [0.29, 0.717) is 10.8 Å². The first kappa shape index (κ1) is 12.6. The first-order valence-electron chi connectivity index (χ1n) is 4.95. The number of halogens is 2. The van der Waals surface area contributed by atoms with Crippen LogP contribution in [0.5, 0.6) is 0 Å². The van der Waals surface area contributed by atoms with Crippen LogP contribution in [-0.4, -0.2) is 10.8 Å². The van der Waals surface area contributed by atoms with Gasteiger partial charge in [0, 0.05) is 10.8 Å². The van der Waals surface area contributed by atoms with Crippen LogP contribution in [0.15, 0.2) is 0 Å². The minimum Gasteiger partial charge on any atom is -0.123 e. The molecule has 0 saturated carbocycles. The Morgan fingerprint density at radius 2 is 1.58 bits per heavy atom. The molecule has 0 aliphatic carbocycles. The standard InChI is InChI=1S/C10H20Cl2/c1-3-4-7-10(12)8-5-6-9(2)11/h9-10H,3-8H2,1-2H3. The Kier molecular flexibility index (Phi) is 8.59. The van der Waals surface area contributed by atoms with Gasteiger partial charge >= 0.3 is 0 Å². The molecule has 0 aromatic heterocycles. The highest BCUT2D eigenvalue weighted by atomic mass is 35.5. The summed E-state index contributed by atoms with van der Waals surface area (Å²) in [6.07, 6.45) is 7.05. The molecule has 0 amide bonds. The van der Waals surface area contributed by atoms with E-state index < -0.39 is 0 Å². The fraction of sp³-hybridized carbons (Fsp3) is 1.00. The average Bonchev–Trinajstić information content (AvgIpc) is 2.00. The van der Waals surface area contributed by atoms with Crippen LogP contribution in [0.1, 0.15) is 52.4 Å². The van der Waals surface area contributed by atoms with Crippen molar-refractivity contribution in [3.05, 3.63) is 0 Å². The van der Waals surface area contributed by atoms with E-state index in [2.05, 4.69) is 6.92 Å². The number of alkyl halides is 2. The van der Waals surface area contributed by atoms with Crippen LogP contribution in [0.2, 0.25) is 0 Å². The second-order valence-corrected chi connectivity index (χ2v) is 4.81. The van der Waals surface area contributed by atoms with Crippen LogP contribution in [-0.2, 0) is 0 Å². The average molecular weight is 211 g/mol. The van der Waals surface area contributed by atoms with E-state index in [-0.39, 0.29) is 0 Å². The molecule has 0 saturated heterocycles. The Balaban J connectivity index is 3.13. The molecule has 74 valence electrons. The Labute approximate surface area is 86.6 Å². The van der Waals surface area contributed by atoms with Crippen molar-refractivity contribution in [2.45, 2.75) is 63.1 Å². The van der Waals surface area contributed by atoms with E-state index in [9.17, 15) is 0 Å². The second-order valence-electron chi connectivity index (χ2n) is 3.45. The zero-order valence-corrected chi connectivity index (χ0v) is 9.67. The summed E-state index contributed by atoms with van der Waals surface area (Å²) in [7, 11) is 0. The van der Waals surface area contributed by atoms with Crippen molar-refractivity contribution in [2.24, 2.45) is 0 Å². The summed E-state index contributed by atoms with van der Waals surface area (Å²) >= 11 is 11.9. The molecular weight excluding hydrogens is 191 g/mol. The van der Waals surface area contributed by atoms with Crippen molar-refractivity contribution in [3.63, 3.8) is 0 Å². The van der Waals surface area contributed by atoms with Gasteiger partial charge in [0.2, 0.25) is 0 Å². The van der Waals surface area contributed by atoms with Gasteiger partial charge in [0.1, 0.15) is 0 Å². The SMILES string of the molecule is CCCCC(Cl)CCCC(C)Cl. The monoisotopic (exact) mass is 210 g/mol. The van der Waals surface area contributed by atoms with Gasteiger partial charge in [-0.15, -0.1) is 23.2 Å². The second kappa shape index (κ2) is 8.19. The summed E-state index contributed by atoms with van der Waals surface area (Å²) in [5, 5.41) is 0.681. The highest BCUT2D eigenvalue weighted by molar-refractivity contribution is 6.20. The lowest BCUT2D eigenvalue weighted by atomic mass is 10.1. The molecule has 0 nitrogen and oxygen atoms in total. The molecule has 0 bridgehead atoms. The molecule has 0 spiro atoms. The van der Waals surface area contributed by atoms with E-state index in [4.69, 9.17) is 23.2 Å². The third-order valence-corrected chi connectivity index (χ3v) is 2.64. The van der Waals surface area contributed by atoms with Gasteiger partial charge in [-0.25, -0.2) is 0 Å². The summed E-state index contributed by atoms with van der Waals surface area (Å²) in [4.78, 5) is 0. The molecule has 0 aromatic rings. The maximum absolute atomic E-state index is 6.10. The van der Waals surface area contributed by atoms with Crippen LogP contribution in [0.4, 0.5) is 0 Å². The van der Waals surface area contributed by atoms with Crippen LogP contribution in [0.3, 0.4) is 0 Å². The smallest absolute Gasteiger partial charge is 0.0336 e. The molecule has 0 aliphatic rings. The van der Waals surface area contributed by atoms with Gasteiger partial charge in [-0.3, -0.25) is 0 Å². The fourth-order valence-electron chi connectivity index (χ4n) is 1.19. The van der Waals surface area contributed by atoms with Gasteiger partial charge in [0.15, 0.2) is 0 Å². The van der Waals surface area contributed by atoms with E-state index in [1.54, 1.807) is 0 Å². The highest BCUT2D eigenvalue weighted by Gasteiger charge is 2.04. The minimum absolute atomic E-state index is 0.306. The molecule has 0 rings (SSSR count). The van der Waals surface area contributed by atoms with Crippen LogP contribution in [0, 0.1) is 0 Å². The predicted octanol–water partition coefficient (Wildman–Crippen LogP) is 4.58. The van der Waals surface area contributed by atoms with E-state index >= 15 is 0 Å². The zero-order chi connectivity index (χ0) is 9.40. The van der Waals surface area contributed by atoms with Crippen LogP contribution >= 0.6 is 23.2 Å². The molecule has 12 heavy (non-hydrogen) atoms. The topological polar surface area (TPSA) is 0 Å². The maximum atomic E-state index is 6.10. The molecule has 2 atom stereocenters. The van der Waals surface area contributed by atoms with Gasteiger partial charge in [-0.1, -0.05) is 26.2 Å². The number of rotatable bonds is 7. The summed E-state index contributed by atoms with van der Waals surface area (Å²) < 4.78 is 0. The first-order valence-corrected chi connectivity index (χ1v) is 5.82. The Bertz CT molecular complexity index is 91.8. The lowest BCUT2D eigenvalue weighted by Gasteiger charge is -2.08. The Hall–Kier alpha value is 0.580. The highest BCUT2D eigenvalue weighted by Crippen LogP contribution is 2.16. The summed E-state index contributed by atoms with van der Waals surface area (Å²) in [6.45, 7) is 4.24. The molecule has 2 heteroatoms. The van der Waals surface area contributed by atoms with Crippen molar-refractivity contribution in [2.75, 3.05) is 0 Å². The first-order chi connectivity index (χ1) is 5.66. The molecule has 0 fully saturated rings. The molecule has 0 radical (unpaired) electrons. The minimum atomic E-state index is 0.306. The summed E-state index contributed by atoms with van der Waals surface area (Å²) in [5.74, 6) is 0. The number of hydrogen-bond acceptors (Lipinski definition) is 0. The van der Waals surface area contributed by atoms with Crippen molar-refractivity contribution in [3.8, 4) is 0 Å². The zero-order valence-electron chi connectivity index (χ0n) is 8.15. The molecule has 2 unspecified atom stereocenters. The lowest BCUT2D eigenvalue weighted by Crippen LogP contribution is -2.00. The van der Waals surface area contributed by atoms with Gasteiger partial charge in [-0.05, 0) is 26.2 Å². The van der Waals surface area contributed by atoms with Gasteiger partial charge < -0.3 is 0 Å². The third-order valence-electron chi connectivity index (χ3n) is 1.99. The largest absolute Gasteiger partial charge is 0.123 e. The summed E-state index contributed by atoms with van der Waals surface area (Å²) in [6, 6.07) is 0. The molecular formula is C10H20Cl2. The third kappa shape index (κ3) is 8.67. The maximum Gasteiger partial charge on any atom is 0.0336 e. The predicted molar refractivity (Wildman–Crippen MR) is 58.3 cm³/mol.